The van der Waals surface area contributed by atoms with Crippen LogP contribution < -0.4 is 15.0 Å². The van der Waals surface area contributed by atoms with Crippen LogP contribution in [0.4, 0.5) is 24.5 Å². The van der Waals surface area contributed by atoms with Crippen molar-refractivity contribution < 1.29 is 22.7 Å². The molecule has 0 bridgehead atoms. The maximum absolute atomic E-state index is 13.1. The monoisotopic (exact) mass is 389 g/mol. The van der Waals surface area contributed by atoms with Crippen molar-refractivity contribution in [2.75, 3.05) is 29.9 Å². The molecule has 5 nitrogen and oxygen atoms in total. The van der Waals surface area contributed by atoms with E-state index in [1.165, 1.54) is 6.07 Å². The third-order valence-electron chi connectivity index (χ3n) is 4.40. The Morgan fingerprint density at radius 1 is 1.14 bits per heavy atom. The summed E-state index contributed by atoms with van der Waals surface area (Å²) in [5, 5.41) is 11.3. The Morgan fingerprint density at radius 3 is 2.43 bits per heavy atom. The Kier molecular flexibility index (Phi) is 5.73. The highest BCUT2D eigenvalue weighted by molar-refractivity contribution is 5.95. The molecular weight excluding hydrogens is 371 g/mol. The molecule has 1 fully saturated rings. The number of anilines is 2. The highest BCUT2D eigenvalue weighted by Crippen LogP contribution is 2.36. The van der Waals surface area contributed by atoms with E-state index < -0.39 is 17.6 Å². The molecule has 0 saturated carbocycles. The molecule has 1 saturated heterocycles. The summed E-state index contributed by atoms with van der Waals surface area (Å²) in [5.41, 5.74) is 0.317. The van der Waals surface area contributed by atoms with Crippen molar-refractivity contribution in [2.45, 2.75) is 19.0 Å². The van der Waals surface area contributed by atoms with E-state index in [-0.39, 0.29) is 12.3 Å². The molecule has 1 aliphatic rings. The number of halogens is 3. The molecule has 0 aliphatic carbocycles. The molecule has 8 heteroatoms. The van der Waals surface area contributed by atoms with Gasteiger partial charge >= 0.3 is 6.18 Å². The van der Waals surface area contributed by atoms with E-state index in [9.17, 15) is 18.0 Å². The third-order valence-corrected chi connectivity index (χ3v) is 4.40. The van der Waals surface area contributed by atoms with Crippen molar-refractivity contribution in [3.05, 3.63) is 53.6 Å². The van der Waals surface area contributed by atoms with Crippen LogP contribution in [-0.2, 0) is 11.0 Å². The van der Waals surface area contributed by atoms with Gasteiger partial charge in [0.25, 0.3) is 5.91 Å². The number of hydrogen-bond donors (Lipinski definition) is 1. The van der Waals surface area contributed by atoms with Crippen LogP contribution in [0.1, 0.15) is 24.0 Å². The fraction of sp³-hybridized carbons (Fsp3) is 0.300. The maximum atomic E-state index is 13.1. The minimum Gasteiger partial charge on any atom is -0.484 e. The molecule has 0 radical (unpaired) electrons. The maximum Gasteiger partial charge on any atom is 0.416 e. The van der Waals surface area contributed by atoms with Crippen molar-refractivity contribution in [1.29, 1.82) is 5.26 Å². The minimum atomic E-state index is -4.50. The second-order valence-electron chi connectivity index (χ2n) is 6.40. The van der Waals surface area contributed by atoms with Gasteiger partial charge < -0.3 is 15.0 Å². The molecule has 3 rings (SSSR count). The predicted octanol–water partition coefficient (Wildman–Crippen LogP) is 4.19. The van der Waals surface area contributed by atoms with Crippen LogP contribution >= 0.6 is 0 Å². The summed E-state index contributed by atoms with van der Waals surface area (Å²) < 4.78 is 44.6. The molecule has 0 unspecified atom stereocenters. The lowest BCUT2D eigenvalue weighted by Crippen LogP contribution is -2.24. The molecule has 0 spiro atoms. The second kappa shape index (κ2) is 8.21. The van der Waals surface area contributed by atoms with Gasteiger partial charge in [-0.05, 0) is 55.3 Å². The quantitative estimate of drug-likeness (QED) is 0.833. The Balaban J connectivity index is 1.73. The molecule has 146 valence electrons. The van der Waals surface area contributed by atoms with Crippen molar-refractivity contribution in [2.24, 2.45) is 0 Å². The summed E-state index contributed by atoms with van der Waals surface area (Å²) in [4.78, 5) is 14.2. The van der Waals surface area contributed by atoms with Crippen LogP contribution in [0.15, 0.2) is 42.5 Å². The summed E-state index contributed by atoms with van der Waals surface area (Å²) in [6, 6.07) is 11.5. The van der Waals surface area contributed by atoms with E-state index in [0.29, 0.717) is 17.0 Å². The number of nitriles is 1. The van der Waals surface area contributed by atoms with Crippen LogP contribution in [0.25, 0.3) is 0 Å². The molecule has 0 aromatic heterocycles. The lowest BCUT2D eigenvalue weighted by atomic mass is 10.1. The Hall–Kier alpha value is -3.21. The molecule has 2 aromatic carbocycles. The number of alkyl halides is 3. The van der Waals surface area contributed by atoms with Gasteiger partial charge in [0.2, 0.25) is 0 Å². The van der Waals surface area contributed by atoms with Gasteiger partial charge in [0, 0.05) is 13.1 Å². The molecule has 2 aromatic rings. The number of ether oxygens (including phenoxy) is 1. The second-order valence-corrected chi connectivity index (χ2v) is 6.40. The number of amides is 1. The molecular formula is C20H18F3N3O2. The minimum absolute atomic E-state index is 0.116. The van der Waals surface area contributed by atoms with Gasteiger partial charge in [-0.2, -0.15) is 18.4 Å². The summed E-state index contributed by atoms with van der Waals surface area (Å²) >= 11 is 0. The van der Waals surface area contributed by atoms with Gasteiger partial charge in [0.1, 0.15) is 5.75 Å². The Morgan fingerprint density at radius 2 is 1.82 bits per heavy atom. The van der Waals surface area contributed by atoms with Crippen LogP contribution in [0.2, 0.25) is 0 Å². The molecule has 1 N–H and O–H groups in total. The zero-order valence-corrected chi connectivity index (χ0v) is 14.9. The van der Waals surface area contributed by atoms with Crippen LogP contribution in [0.5, 0.6) is 5.75 Å². The third kappa shape index (κ3) is 4.74. The lowest BCUT2D eigenvalue weighted by molar-refractivity contribution is -0.137. The van der Waals surface area contributed by atoms with Gasteiger partial charge in [0.05, 0.1) is 28.6 Å². The van der Waals surface area contributed by atoms with Crippen molar-refractivity contribution >= 4 is 17.3 Å². The van der Waals surface area contributed by atoms with E-state index in [1.54, 1.807) is 24.3 Å². The lowest BCUT2D eigenvalue weighted by Gasteiger charge is -2.23. The zero-order valence-electron chi connectivity index (χ0n) is 14.9. The van der Waals surface area contributed by atoms with Gasteiger partial charge in [-0.1, -0.05) is 0 Å². The number of nitrogens with zero attached hydrogens (tertiary/aromatic N) is 2. The fourth-order valence-electron chi connectivity index (χ4n) is 3.01. The smallest absolute Gasteiger partial charge is 0.416 e. The highest BCUT2D eigenvalue weighted by Gasteiger charge is 2.32. The number of carbonyl (C=O) groups excluding carboxylic acids is 1. The summed E-state index contributed by atoms with van der Waals surface area (Å²) in [7, 11) is 0. The number of benzene rings is 2. The average molecular weight is 389 g/mol. The summed E-state index contributed by atoms with van der Waals surface area (Å²) in [5.74, 6) is -0.179. The van der Waals surface area contributed by atoms with E-state index >= 15 is 0 Å². The molecule has 28 heavy (non-hydrogen) atoms. The Labute approximate surface area is 160 Å². The number of rotatable bonds is 5. The largest absolute Gasteiger partial charge is 0.484 e. The highest BCUT2D eigenvalue weighted by atomic mass is 19.4. The van der Waals surface area contributed by atoms with Crippen LogP contribution in [0.3, 0.4) is 0 Å². The van der Waals surface area contributed by atoms with Crippen LogP contribution in [-0.4, -0.2) is 25.6 Å². The van der Waals surface area contributed by atoms with E-state index in [2.05, 4.69) is 5.32 Å². The number of carbonyl (C=O) groups is 1. The molecule has 1 amide bonds. The normalized spacial score (nSPS) is 13.9. The molecule has 1 heterocycles. The standard InChI is InChI=1S/C20H18F3N3O2/c21-20(22,23)15-5-8-18(26-9-1-2-10-26)17(11-15)25-19(27)13-28-16-6-3-14(12-24)4-7-16/h3-8,11H,1-2,9-10,13H2,(H,25,27). The van der Waals surface area contributed by atoms with E-state index in [1.807, 2.05) is 11.0 Å². The first-order valence-corrected chi connectivity index (χ1v) is 8.76. The van der Waals surface area contributed by atoms with Crippen molar-refractivity contribution in [1.82, 2.24) is 0 Å². The number of nitrogens with one attached hydrogen (secondary N) is 1. The van der Waals surface area contributed by atoms with Crippen molar-refractivity contribution in [3.63, 3.8) is 0 Å². The zero-order chi connectivity index (χ0) is 20.1. The molecule has 0 atom stereocenters. The van der Waals surface area contributed by atoms with E-state index in [0.717, 1.165) is 38.1 Å². The summed E-state index contributed by atoms with van der Waals surface area (Å²) in [6.07, 6.45) is -2.59. The predicted molar refractivity (Wildman–Crippen MR) is 98.2 cm³/mol. The van der Waals surface area contributed by atoms with Gasteiger partial charge in [-0.3, -0.25) is 4.79 Å². The van der Waals surface area contributed by atoms with Gasteiger partial charge in [-0.25, -0.2) is 0 Å². The van der Waals surface area contributed by atoms with E-state index in [4.69, 9.17) is 10.00 Å². The first-order chi connectivity index (χ1) is 13.4. The van der Waals surface area contributed by atoms with Gasteiger partial charge in [0.15, 0.2) is 6.61 Å². The van der Waals surface area contributed by atoms with Crippen LogP contribution in [0, 0.1) is 11.3 Å². The molecule has 1 aliphatic heterocycles. The van der Waals surface area contributed by atoms with Crippen molar-refractivity contribution in [3.8, 4) is 11.8 Å². The SMILES string of the molecule is N#Cc1ccc(OCC(=O)Nc2cc(C(F)(F)F)ccc2N2CCCC2)cc1. The first kappa shape index (κ1) is 19.5. The summed E-state index contributed by atoms with van der Waals surface area (Å²) in [6.45, 7) is 1.10. The Bertz CT molecular complexity index is 883. The topological polar surface area (TPSA) is 65.4 Å². The first-order valence-electron chi connectivity index (χ1n) is 8.76. The van der Waals surface area contributed by atoms with Gasteiger partial charge in [-0.15, -0.1) is 0 Å². The number of hydrogen-bond acceptors (Lipinski definition) is 4. The fourth-order valence-corrected chi connectivity index (χ4v) is 3.01. The average Bonchev–Trinajstić information content (AvgIpc) is 3.20.